The molecular weight excluding hydrogens is 256 g/mol. The van der Waals surface area contributed by atoms with Crippen molar-refractivity contribution in [2.24, 2.45) is 0 Å². The van der Waals surface area contributed by atoms with E-state index in [2.05, 4.69) is 10.6 Å². The van der Waals surface area contributed by atoms with Gasteiger partial charge >= 0.3 is 6.03 Å². The first-order valence-electron chi connectivity index (χ1n) is 6.96. The predicted octanol–water partition coefficient (Wildman–Crippen LogP) is 2.39. The zero-order valence-electron chi connectivity index (χ0n) is 12.0. The average molecular weight is 278 g/mol. The standard InChI is InChI=1S/C15H22N2O3/c1-3-6-15(2,10-18)17-14(19)16-13-5-4-11-8-20-9-12(11)7-13/h4-5,7,18H,3,6,8-10H2,1-2H3,(H2,16,17,19). The Morgan fingerprint density at radius 3 is 2.85 bits per heavy atom. The Labute approximate surface area is 119 Å². The molecule has 0 radical (unpaired) electrons. The molecule has 1 aromatic carbocycles. The van der Waals surface area contributed by atoms with Crippen molar-refractivity contribution in [1.29, 1.82) is 0 Å². The number of aliphatic hydroxyl groups excluding tert-OH is 1. The molecule has 20 heavy (non-hydrogen) atoms. The van der Waals surface area contributed by atoms with Crippen LogP contribution >= 0.6 is 0 Å². The van der Waals surface area contributed by atoms with Crippen molar-refractivity contribution in [2.75, 3.05) is 11.9 Å². The van der Waals surface area contributed by atoms with Gasteiger partial charge in [-0.15, -0.1) is 0 Å². The second-order valence-corrected chi connectivity index (χ2v) is 5.52. The molecular formula is C15H22N2O3. The molecule has 1 aliphatic rings. The van der Waals surface area contributed by atoms with E-state index in [1.807, 2.05) is 32.0 Å². The normalized spacial score (nSPS) is 16.4. The van der Waals surface area contributed by atoms with Crippen LogP contribution in [0.15, 0.2) is 18.2 Å². The summed E-state index contributed by atoms with van der Waals surface area (Å²) in [5, 5.41) is 15.0. The third-order valence-corrected chi connectivity index (χ3v) is 3.55. The van der Waals surface area contributed by atoms with Crippen LogP contribution in [0.25, 0.3) is 0 Å². The zero-order valence-corrected chi connectivity index (χ0v) is 12.0. The highest BCUT2D eigenvalue weighted by atomic mass is 16.5. The van der Waals surface area contributed by atoms with E-state index in [0.29, 0.717) is 13.2 Å². The van der Waals surface area contributed by atoms with E-state index >= 15 is 0 Å². The van der Waals surface area contributed by atoms with Crippen molar-refractivity contribution < 1.29 is 14.6 Å². The first kappa shape index (κ1) is 14.8. The van der Waals surface area contributed by atoms with Gasteiger partial charge in [0.05, 0.1) is 25.4 Å². The van der Waals surface area contributed by atoms with Gasteiger partial charge in [0.15, 0.2) is 0 Å². The number of nitrogens with one attached hydrogen (secondary N) is 2. The number of benzene rings is 1. The number of aliphatic hydroxyl groups is 1. The van der Waals surface area contributed by atoms with Crippen molar-refractivity contribution in [3.63, 3.8) is 0 Å². The number of amides is 2. The molecule has 0 aliphatic carbocycles. The minimum Gasteiger partial charge on any atom is -0.394 e. The number of carbonyl (C=O) groups is 1. The molecule has 1 aromatic rings. The maximum Gasteiger partial charge on any atom is 0.319 e. The summed E-state index contributed by atoms with van der Waals surface area (Å²) < 4.78 is 5.34. The van der Waals surface area contributed by atoms with Crippen LogP contribution in [0.5, 0.6) is 0 Å². The number of hydrogen-bond acceptors (Lipinski definition) is 3. The zero-order chi connectivity index (χ0) is 14.6. The maximum absolute atomic E-state index is 12.0. The van der Waals surface area contributed by atoms with Crippen LogP contribution in [0, 0.1) is 0 Å². The van der Waals surface area contributed by atoms with Gasteiger partial charge in [-0.25, -0.2) is 4.79 Å². The molecule has 1 aliphatic heterocycles. The molecule has 5 heteroatoms. The van der Waals surface area contributed by atoms with Crippen LogP contribution in [0.3, 0.4) is 0 Å². The van der Waals surface area contributed by atoms with E-state index in [1.54, 1.807) is 0 Å². The van der Waals surface area contributed by atoms with Gasteiger partial charge in [0.1, 0.15) is 0 Å². The van der Waals surface area contributed by atoms with Gasteiger partial charge in [-0.2, -0.15) is 0 Å². The molecule has 0 aromatic heterocycles. The molecule has 5 nitrogen and oxygen atoms in total. The van der Waals surface area contributed by atoms with Gasteiger partial charge in [0, 0.05) is 5.69 Å². The van der Waals surface area contributed by atoms with Crippen LogP contribution in [-0.4, -0.2) is 23.3 Å². The molecule has 1 atom stereocenters. The third-order valence-electron chi connectivity index (χ3n) is 3.55. The lowest BCUT2D eigenvalue weighted by molar-refractivity contribution is 0.134. The van der Waals surface area contributed by atoms with Gasteiger partial charge in [-0.1, -0.05) is 19.4 Å². The van der Waals surface area contributed by atoms with E-state index in [4.69, 9.17) is 4.74 Å². The second kappa shape index (κ2) is 6.24. The van der Waals surface area contributed by atoms with E-state index in [9.17, 15) is 9.90 Å². The number of ether oxygens (including phenoxy) is 1. The molecule has 0 saturated heterocycles. The van der Waals surface area contributed by atoms with E-state index < -0.39 is 5.54 Å². The summed E-state index contributed by atoms with van der Waals surface area (Å²) >= 11 is 0. The first-order valence-corrected chi connectivity index (χ1v) is 6.96. The number of carbonyl (C=O) groups excluding carboxylic acids is 1. The molecule has 0 spiro atoms. The summed E-state index contributed by atoms with van der Waals surface area (Å²) in [6.45, 7) is 5.02. The molecule has 0 saturated carbocycles. The largest absolute Gasteiger partial charge is 0.394 e. The van der Waals surface area contributed by atoms with Crippen LogP contribution in [0.4, 0.5) is 10.5 Å². The lowest BCUT2D eigenvalue weighted by Crippen LogP contribution is -2.50. The molecule has 1 unspecified atom stereocenters. The topological polar surface area (TPSA) is 70.6 Å². The van der Waals surface area contributed by atoms with E-state index in [0.717, 1.165) is 24.1 Å². The molecule has 0 bridgehead atoms. The van der Waals surface area contributed by atoms with Crippen molar-refractivity contribution >= 4 is 11.7 Å². The number of fused-ring (bicyclic) bond motifs is 1. The summed E-state index contributed by atoms with van der Waals surface area (Å²) in [6.07, 6.45) is 1.63. The minimum atomic E-state index is -0.585. The Kier molecular flexibility index (Phi) is 4.62. The lowest BCUT2D eigenvalue weighted by Gasteiger charge is -2.28. The van der Waals surface area contributed by atoms with Crippen molar-refractivity contribution in [1.82, 2.24) is 5.32 Å². The second-order valence-electron chi connectivity index (χ2n) is 5.52. The predicted molar refractivity (Wildman–Crippen MR) is 77.5 cm³/mol. The van der Waals surface area contributed by atoms with E-state index in [1.165, 1.54) is 5.56 Å². The Morgan fingerprint density at radius 1 is 1.40 bits per heavy atom. The van der Waals surface area contributed by atoms with Crippen LogP contribution in [0.1, 0.15) is 37.8 Å². The molecule has 2 amide bonds. The highest BCUT2D eigenvalue weighted by molar-refractivity contribution is 5.89. The minimum absolute atomic E-state index is 0.0771. The van der Waals surface area contributed by atoms with Gasteiger partial charge in [0.2, 0.25) is 0 Å². The summed E-state index contributed by atoms with van der Waals surface area (Å²) in [5.74, 6) is 0. The Morgan fingerprint density at radius 2 is 2.15 bits per heavy atom. The number of hydrogen-bond donors (Lipinski definition) is 3. The summed E-state index contributed by atoms with van der Waals surface area (Å²) in [5.41, 5.74) is 2.44. The monoisotopic (exact) mass is 278 g/mol. The molecule has 3 N–H and O–H groups in total. The summed E-state index contributed by atoms with van der Waals surface area (Å²) in [7, 11) is 0. The van der Waals surface area contributed by atoms with Crippen LogP contribution in [-0.2, 0) is 18.0 Å². The Hall–Kier alpha value is -1.59. The van der Waals surface area contributed by atoms with Crippen LogP contribution < -0.4 is 10.6 Å². The molecule has 0 fully saturated rings. The average Bonchev–Trinajstić information content (AvgIpc) is 2.86. The quantitative estimate of drug-likeness (QED) is 0.774. The maximum atomic E-state index is 12.0. The molecule has 2 rings (SSSR count). The highest BCUT2D eigenvalue weighted by Crippen LogP contribution is 2.23. The first-order chi connectivity index (χ1) is 9.56. The highest BCUT2D eigenvalue weighted by Gasteiger charge is 2.24. The molecule has 110 valence electrons. The van der Waals surface area contributed by atoms with Gasteiger partial charge < -0.3 is 20.5 Å². The van der Waals surface area contributed by atoms with Crippen molar-refractivity contribution in [3.05, 3.63) is 29.3 Å². The number of urea groups is 1. The van der Waals surface area contributed by atoms with E-state index in [-0.39, 0.29) is 12.6 Å². The fourth-order valence-corrected chi connectivity index (χ4v) is 2.42. The van der Waals surface area contributed by atoms with Crippen molar-refractivity contribution in [3.8, 4) is 0 Å². The van der Waals surface area contributed by atoms with Crippen LogP contribution in [0.2, 0.25) is 0 Å². The third kappa shape index (κ3) is 3.49. The lowest BCUT2D eigenvalue weighted by atomic mass is 9.98. The van der Waals surface area contributed by atoms with Crippen molar-refractivity contribution in [2.45, 2.75) is 45.4 Å². The fourth-order valence-electron chi connectivity index (χ4n) is 2.42. The van der Waals surface area contributed by atoms with Gasteiger partial charge in [-0.3, -0.25) is 0 Å². The number of rotatable bonds is 5. The van der Waals surface area contributed by atoms with Gasteiger partial charge in [-0.05, 0) is 36.6 Å². The smallest absolute Gasteiger partial charge is 0.319 e. The Bertz CT molecular complexity index is 490. The number of anilines is 1. The fraction of sp³-hybridized carbons (Fsp3) is 0.533. The molecule has 1 heterocycles. The summed E-state index contributed by atoms with van der Waals surface area (Å²) in [6, 6.07) is 5.46. The Balaban J connectivity index is 1.97. The SMILES string of the molecule is CCCC(C)(CO)NC(=O)Nc1ccc2c(c1)COC2. The van der Waals surface area contributed by atoms with Gasteiger partial charge in [0.25, 0.3) is 0 Å². The summed E-state index contributed by atoms with van der Waals surface area (Å²) in [4.78, 5) is 12.0.